The van der Waals surface area contributed by atoms with E-state index in [1.54, 1.807) is 23.3 Å². The van der Waals surface area contributed by atoms with Gasteiger partial charge >= 0.3 is 0 Å². The molecule has 0 spiro atoms. The zero-order chi connectivity index (χ0) is 16.2. The fourth-order valence-corrected chi connectivity index (χ4v) is 3.17. The van der Waals surface area contributed by atoms with Crippen LogP contribution in [0.25, 0.3) is 10.7 Å². The molecule has 1 aliphatic heterocycles. The second-order valence-electron chi connectivity index (χ2n) is 5.59. The van der Waals surface area contributed by atoms with Crippen LogP contribution in [0.4, 0.5) is 0 Å². The van der Waals surface area contributed by atoms with Crippen molar-refractivity contribution in [1.82, 2.24) is 20.4 Å². The molecule has 122 valence electrons. The average molecular weight is 334 g/mol. The minimum atomic E-state index is -0.0752. The van der Waals surface area contributed by atoms with Crippen LogP contribution >= 0.6 is 11.3 Å². The number of nitrogens with one attached hydrogen (secondary N) is 1. The molecule has 1 fully saturated rings. The highest BCUT2D eigenvalue weighted by Gasteiger charge is 2.27. The number of likely N-dealkylation sites (tertiary alicyclic amines) is 1. The lowest BCUT2D eigenvalue weighted by Gasteiger charge is -2.11. The summed E-state index contributed by atoms with van der Waals surface area (Å²) in [5.74, 6) is 1.15. The summed E-state index contributed by atoms with van der Waals surface area (Å²) in [6.45, 7) is 0.582. The summed E-state index contributed by atoms with van der Waals surface area (Å²) in [7, 11) is 1.75. The van der Waals surface area contributed by atoms with Gasteiger partial charge in [-0.1, -0.05) is 11.2 Å². The Bertz CT molecular complexity index is 683. The molecule has 1 saturated heterocycles. The normalized spacial score (nSPS) is 17.7. The number of hydrogen-bond acceptors (Lipinski definition) is 6. The van der Waals surface area contributed by atoms with E-state index < -0.39 is 0 Å². The molecule has 23 heavy (non-hydrogen) atoms. The van der Waals surface area contributed by atoms with Gasteiger partial charge in [-0.3, -0.25) is 9.59 Å². The van der Waals surface area contributed by atoms with Gasteiger partial charge in [-0.2, -0.15) is 4.98 Å². The van der Waals surface area contributed by atoms with Crippen LogP contribution in [0.2, 0.25) is 0 Å². The Morgan fingerprint density at radius 3 is 3.13 bits per heavy atom. The van der Waals surface area contributed by atoms with Crippen molar-refractivity contribution in [3.63, 3.8) is 0 Å². The van der Waals surface area contributed by atoms with Gasteiger partial charge in [0.25, 0.3) is 0 Å². The summed E-state index contributed by atoms with van der Waals surface area (Å²) < 4.78 is 5.19. The number of aromatic nitrogens is 2. The maximum absolute atomic E-state index is 11.9. The average Bonchev–Trinajstić information content (AvgIpc) is 3.22. The van der Waals surface area contributed by atoms with Crippen molar-refractivity contribution < 1.29 is 14.1 Å². The zero-order valence-electron chi connectivity index (χ0n) is 12.8. The Balaban J connectivity index is 1.41. The Morgan fingerprint density at radius 2 is 2.43 bits per heavy atom. The van der Waals surface area contributed by atoms with Gasteiger partial charge in [-0.25, -0.2) is 0 Å². The van der Waals surface area contributed by atoms with Crippen molar-refractivity contribution in [2.45, 2.75) is 31.7 Å². The second-order valence-corrected chi connectivity index (χ2v) is 6.53. The van der Waals surface area contributed by atoms with Crippen LogP contribution in [0.3, 0.4) is 0 Å². The number of nitrogens with zero attached hydrogens (tertiary/aromatic N) is 3. The third-order valence-electron chi connectivity index (χ3n) is 3.71. The smallest absolute Gasteiger partial charge is 0.226 e. The Morgan fingerprint density at radius 1 is 1.57 bits per heavy atom. The Labute approximate surface area is 137 Å². The summed E-state index contributed by atoms with van der Waals surface area (Å²) in [4.78, 5) is 30.2. The molecule has 8 heteroatoms. The number of hydrogen-bond donors (Lipinski definition) is 1. The highest BCUT2D eigenvalue weighted by molar-refractivity contribution is 7.13. The predicted octanol–water partition coefficient (Wildman–Crippen LogP) is 1.47. The first-order valence-electron chi connectivity index (χ1n) is 7.51. The van der Waals surface area contributed by atoms with Crippen LogP contribution in [0.15, 0.2) is 22.0 Å². The minimum absolute atomic E-state index is 0.0453. The van der Waals surface area contributed by atoms with Crippen LogP contribution in [0.5, 0.6) is 0 Å². The van der Waals surface area contributed by atoms with E-state index in [4.69, 9.17) is 4.52 Å². The van der Waals surface area contributed by atoms with Crippen molar-refractivity contribution in [3.05, 3.63) is 23.4 Å². The fourth-order valence-electron chi connectivity index (χ4n) is 2.52. The maximum Gasteiger partial charge on any atom is 0.226 e. The van der Waals surface area contributed by atoms with Crippen molar-refractivity contribution in [2.24, 2.45) is 0 Å². The number of thiophene rings is 1. The van der Waals surface area contributed by atoms with E-state index in [0.29, 0.717) is 43.9 Å². The quantitative estimate of drug-likeness (QED) is 0.864. The second kappa shape index (κ2) is 6.91. The molecule has 2 aromatic heterocycles. The highest BCUT2D eigenvalue weighted by Crippen LogP contribution is 2.21. The third kappa shape index (κ3) is 3.95. The van der Waals surface area contributed by atoms with Gasteiger partial charge in [0, 0.05) is 32.9 Å². The molecule has 7 nitrogen and oxygen atoms in total. The number of aryl methyl sites for hydroxylation is 1. The van der Waals surface area contributed by atoms with Crippen LogP contribution < -0.4 is 5.32 Å². The SMILES string of the molecule is CN1CC(NC(=O)CCCc2nc(-c3cccs3)no2)CC1=O. The molecule has 0 aromatic carbocycles. The molecular formula is C15H18N4O3S. The summed E-state index contributed by atoms with van der Waals surface area (Å²) in [5.41, 5.74) is 0. The van der Waals surface area contributed by atoms with Gasteiger partial charge in [0.2, 0.25) is 23.5 Å². The number of likely N-dealkylation sites (N-methyl/N-ethyl adjacent to an activating group) is 1. The van der Waals surface area contributed by atoms with Gasteiger partial charge in [0.05, 0.1) is 10.9 Å². The summed E-state index contributed by atoms with van der Waals surface area (Å²) >= 11 is 1.56. The first-order chi connectivity index (χ1) is 11.1. The maximum atomic E-state index is 11.9. The zero-order valence-corrected chi connectivity index (χ0v) is 13.6. The summed E-state index contributed by atoms with van der Waals surface area (Å²) in [6, 6.07) is 3.80. The van der Waals surface area contributed by atoms with Crippen molar-refractivity contribution in [3.8, 4) is 10.7 Å². The lowest BCUT2D eigenvalue weighted by atomic mass is 10.2. The van der Waals surface area contributed by atoms with Crippen LogP contribution in [-0.4, -0.2) is 46.5 Å². The van der Waals surface area contributed by atoms with Crippen molar-refractivity contribution in [1.29, 1.82) is 0 Å². The molecule has 0 bridgehead atoms. The number of amides is 2. The van der Waals surface area contributed by atoms with Crippen LogP contribution in [0, 0.1) is 0 Å². The van der Waals surface area contributed by atoms with Crippen LogP contribution in [0.1, 0.15) is 25.2 Å². The molecule has 1 N–H and O–H groups in total. The van der Waals surface area contributed by atoms with Gasteiger partial charge in [-0.05, 0) is 17.9 Å². The molecule has 2 amide bonds. The monoisotopic (exact) mass is 334 g/mol. The first-order valence-corrected chi connectivity index (χ1v) is 8.39. The van der Waals surface area contributed by atoms with Crippen LogP contribution in [-0.2, 0) is 16.0 Å². The molecule has 3 heterocycles. The van der Waals surface area contributed by atoms with E-state index in [1.807, 2.05) is 17.5 Å². The van der Waals surface area contributed by atoms with E-state index in [2.05, 4.69) is 15.5 Å². The first kappa shape index (κ1) is 15.7. The Hall–Kier alpha value is -2.22. The van der Waals surface area contributed by atoms with E-state index >= 15 is 0 Å². The highest BCUT2D eigenvalue weighted by atomic mass is 32.1. The third-order valence-corrected chi connectivity index (χ3v) is 4.58. The van der Waals surface area contributed by atoms with Gasteiger partial charge in [0.15, 0.2) is 0 Å². The standard InChI is InChI=1S/C15H18N4O3S/c1-19-9-10(8-14(19)21)16-12(20)5-2-6-13-17-15(18-22-13)11-4-3-7-23-11/h3-4,7,10H,2,5-6,8-9H2,1H3,(H,16,20). The van der Waals surface area contributed by atoms with E-state index in [-0.39, 0.29) is 17.9 Å². The lowest BCUT2D eigenvalue weighted by Crippen LogP contribution is -2.36. The summed E-state index contributed by atoms with van der Waals surface area (Å²) in [5, 5.41) is 8.78. The predicted molar refractivity (Wildman–Crippen MR) is 84.7 cm³/mol. The molecule has 3 rings (SSSR count). The van der Waals surface area contributed by atoms with Gasteiger partial charge < -0.3 is 14.7 Å². The number of rotatable bonds is 6. The fraction of sp³-hybridized carbons (Fsp3) is 0.467. The minimum Gasteiger partial charge on any atom is -0.351 e. The molecule has 1 unspecified atom stereocenters. The largest absolute Gasteiger partial charge is 0.351 e. The summed E-state index contributed by atoms with van der Waals surface area (Å²) in [6.07, 6.45) is 1.96. The molecule has 2 aromatic rings. The molecule has 1 aliphatic rings. The lowest BCUT2D eigenvalue weighted by molar-refractivity contribution is -0.126. The Kier molecular flexibility index (Phi) is 4.71. The van der Waals surface area contributed by atoms with Gasteiger partial charge in [0.1, 0.15) is 0 Å². The molecule has 1 atom stereocenters. The van der Waals surface area contributed by atoms with E-state index in [1.165, 1.54) is 0 Å². The van der Waals surface area contributed by atoms with E-state index in [9.17, 15) is 9.59 Å². The molecule has 0 saturated carbocycles. The molecule has 0 aliphatic carbocycles. The number of carbonyl (C=O) groups is 2. The molecule has 0 radical (unpaired) electrons. The van der Waals surface area contributed by atoms with Gasteiger partial charge in [-0.15, -0.1) is 11.3 Å². The van der Waals surface area contributed by atoms with Crippen molar-refractivity contribution >= 4 is 23.2 Å². The van der Waals surface area contributed by atoms with Crippen molar-refractivity contribution in [2.75, 3.05) is 13.6 Å². The topological polar surface area (TPSA) is 88.3 Å². The van der Waals surface area contributed by atoms with E-state index in [0.717, 1.165) is 4.88 Å². The molecular weight excluding hydrogens is 316 g/mol. The number of carbonyl (C=O) groups excluding carboxylic acids is 2.